The van der Waals surface area contributed by atoms with Crippen LogP contribution in [0.4, 0.5) is 8.78 Å². The van der Waals surface area contributed by atoms with Crippen molar-refractivity contribution >= 4 is 11.9 Å². The van der Waals surface area contributed by atoms with Crippen molar-refractivity contribution in [3.63, 3.8) is 0 Å². The maximum Gasteiger partial charge on any atom is 0.319 e. The second kappa shape index (κ2) is 8.01. The van der Waals surface area contributed by atoms with Gasteiger partial charge in [0.25, 0.3) is 0 Å². The maximum atomic E-state index is 13.0. The van der Waals surface area contributed by atoms with Crippen molar-refractivity contribution in [3.05, 3.63) is 18.2 Å². The summed E-state index contributed by atoms with van der Waals surface area (Å²) >= 11 is 0. The summed E-state index contributed by atoms with van der Waals surface area (Å²) < 4.78 is 26.7. The number of nitrogens with zero attached hydrogens (tertiary/aromatic N) is 5. The molecule has 0 atom stereocenters. The van der Waals surface area contributed by atoms with Gasteiger partial charge in [-0.1, -0.05) is 0 Å². The summed E-state index contributed by atoms with van der Waals surface area (Å²) in [4.78, 5) is 24.8. The van der Waals surface area contributed by atoms with Gasteiger partial charge in [-0.05, 0) is 34.6 Å². The Morgan fingerprint density at radius 3 is 2.65 bits per heavy atom. The summed E-state index contributed by atoms with van der Waals surface area (Å²) in [5, 5.41) is 3.15. The Labute approximate surface area is 153 Å². The summed E-state index contributed by atoms with van der Waals surface area (Å²) in [6.07, 6.45) is 2.56. The smallest absolute Gasteiger partial charge is 0.319 e. The van der Waals surface area contributed by atoms with Crippen molar-refractivity contribution in [1.82, 2.24) is 24.7 Å². The van der Waals surface area contributed by atoms with E-state index in [1.54, 1.807) is 0 Å². The Balaban J connectivity index is 2.21. The Morgan fingerprint density at radius 1 is 1.42 bits per heavy atom. The number of nitrogens with one attached hydrogen (secondary N) is 1. The largest absolute Gasteiger partial charge is 0.356 e. The van der Waals surface area contributed by atoms with Crippen LogP contribution < -0.4 is 5.32 Å². The van der Waals surface area contributed by atoms with Gasteiger partial charge in [-0.2, -0.15) is 8.78 Å². The first-order valence-electron chi connectivity index (χ1n) is 8.82. The van der Waals surface area contributed by atoms with Crippen molar-refractivity contribution < 1.29 is 13.6 Å². The molecule has 26 heavy (non-hydrogen) atoms. The van der Waals surface area contributed by atoms with Crippen LogP contribution in [0.25, 0.3) is 0 Å². The first kappa shape index (κ1) is 20.1. The Hall–Kier alpha value is -2.19. The molecule has 0 saturated carbocycles. The number of carbonyl (C=O) groups excluding carboxylic acids is 1. The van der Waals surface area contributed by atoms with Crippen LogP contribution >= 0.6 is 0 Å². The number of aliphatic imine (C=N–C) groups is 1. The second-order valence-corrected chi connectivity index (χ2v) is 7.22. The fourth-order valence-electron chi connectivity index (χ4n) is 3.53. The highest BCUT2D eigenvalue weighted by atomic mass is 19.3. The lowest BCUT2D eigenvalue weighted by Gasteiger charge is -2.49. The van der Waals surface area contributed by atoms with E-state index in [-0.39, 0.29) is 36.4 Å². The van der Waals surface area contributed by atoms with Crippen molar-refractivity contribution in [2.24, 2.45) is 4.99 Å². The lowest BCUT2D eigenvalue weighted by Crippen LogP contribution is -2.66. The van der Waals surface area contributed by atoms with Crippen LogP contribution in [0.2, 0.25) is 0 Å². The van der Waals surface area contributed by atoms with Gasteiger partial charge in [0.15, 0.2) is 5.96 Å². The average molecular weight is 370 g/mol. The topological polar surface area (TPSA) is 65.8 Å². The van der Waals surface area contributed by atoms with Gasteiger partial charge in [-0.15, -0.1) is 0 Å². The van der Waals surface area contributed by atoms with Crippen LogP contribution in [0.1, 0.15) is 47.0 Å². The number of imidazole rings is 1. The molecule has 1 saturated heterocycles. The molecule has 0 aliphatic carbocycles. The van der Waals surface area contributed by atoms with Crippen LogP contribution in [0.5, 0.6) is 0 Å². The number of hydrogen-bond acceptors (Lipinski definition) is 3. The number of alkyl halides is 2. The van der Waals surface area contributed by atoms with Crippen LogP contribution in [0, 0.1) is 0 Å². The molecule has 2 heterocycles. The molecule has 7 nitrogen and oxygen atoms in total. The Bertz CT molecular complexity index is 655. The molecule has 1 aliphatic heterocycles. The van der Waals surface area contributed by atoms with Gasteiger partial charge in [0.05, 0.1) is 12.1 Å². The van der Waals surface area contributed by atoms with E-state index in [0.29, 0.717) is 19.0 Å². The summed E-state index contributed by atoms with van der Waals surface area (Å²) in [5.74, 6) is 0.735. The van der Waals surface area contributed by atoms with Gasteiger partial charge in [-0.3, -0.25) is 9.36 Å². The number of hydrogen-bond donors (Lipinski definition) is 1. The molecule has 1 fully saturated rings. The highest BCUT2D eigenvalue weighted by Gasteiger charge is 2.40. The van der Waals surface area contributed by atoms with Gasteiger partial charge in [-0.25, -0.2) is 9.98 Å². The first-order valence-corrected chi connectivity index (χ1v) is 8.82. The van der Waals surface area contributed by atoms with E-state index >= 15 is 0 Å². The number of amides is 1. The Morgan fingerprint density at radius 2 is 2.12 bits per heavy atom. The van der Waals surface area contributed by atoms with E-state index in [1.807, 2.05) is 44.4 Å². The third kappa shape index (κ3) is 4.31. The third-order valence-electron chi connectivity index (χ3n) is 4.30. The molecule has 1 N–H and O–H groups in total. The molecule has 9 heteroatoms. The van der Waals surface area contributed by atoms with Gasteiger partial charge in [0.1, 0.15) is 12.4 Å². The molecule has 0 aromatic carbocycles. The van der Waals surface area contributed by atoms with Gasteiger partial charge in [0.2, 0.25) is 5.91 Å². The molecule has 1 aromatic heterocycles. The number of halogens is 2. The quantitative estimate of drug-likeness (QED) is 0.637. The zero-order chi connectivity index (χ0) is 19.5. The van der Waals surface area contributed by atoms with Crippen LogP contribution in [-0.2, 0) is 11.3 Å². The van der Waals surface area contributed by atoms with E-state index in [2.05, 4.69) is 15.3 Å². The van der Waals surface area contributed by atoms with E-state index in [4.69, 9.17) is 0 Å². The SMILES string of the molecule is CCNC(=NCc1nccn1C(F)F)N1CC(=O)N(C(C)C)C(C)(C)C1. The Kier molecular flexibility index (Phi) is 6.20. The molecular formula is C17H28F2N6O. The molecular weight excluding hydrogens is 342 g/mol. The van der Waals surface area contributed by atoms with Crippen LogP contribution in [-0.4, -0.2) is 62.4 Å². The predicted octanol–water partition coefficient (Wildman–Crippen LogP) is 2.07. The van der Waals surface area contributed by atoms with Crippen molar-refractivity contribution in [1.29, 1.82) is 0 Å². The molecule has 2 rings (SSSR count). The van der Waals surface area contributed by atoms with E-state index in [0.717, 1.165) is 4.57 Å². The molecule has 1 amide bonds. The number of carbonyl (C=O) groups is 1. The lowest BCUT2D eigenvalue weighted by molar-refractivity contribution is -0.145. The number of guanidine groups is 1. The fourth-order valence-corrected chi connectivity index (χ4v) is 3.53. The third-order valence-corrected chi connectivity index (χ3v) is 4.30. The summed E-state index contributed by atoms with van der Waals surface area (Å²) in [6, 6.07) is 0.109. The monoisotopic (exact) mass is 370 g/mol. The van der Waals surface area contributed by atoms with Gasteiger partial charge < -0.3 is 15.1 Å². The standard InChI is InChI=1S/C17H28F2N6O/c1-6-20-16(22-9-13-21-7-8-24(13)15(18)19)23-10-14(26)25(12(2)3)17(4,5)11-23/h7-8,12,15H,6,9-11H2,1-5H3,(H,20,22). The lowest BCUT2D eigenvalue weighted by atomic mass is 9.96. The van der Waals surface area contributed by atoms with E-state index < -0.39 is 6.55 Å². The number of piperazine rings is 1. The highest BCUT2D eigenvalue weighted by molar-refractivity contribution is 5.88. The predicted molar refractivity (Wildman–Crippen MR) is 95.9 cm³/mol. The molecule has 0 radical (unpaired) electrons. The average Bonchev–Trinajstić information content (AvgIpc) is 2.97. The van der Waals surface area contributed by atoms with E-state index in [9.17, 15) is 13.6 Å². The summed E-state index contributed by atoms with van der Waals surface area (Å²) in [7, 11) is 0. The van der Waals surface area contributed by atoms with Gasteiger partial charge in [0, 0.05) is 31.5 Å². The molecule has 146 valence electrons. The molecule has 0 unspecified atom stereocenters. The van der Waals surface area contributed by atoms with Crippen LogP contribution in [0.3, 0.4) is 0 Å². The molecule has 1 aromatic rings. The van der Waals surface area contributed by atoms with Crippen molar-refractivity contribution in [2.75, 3.05) is 19.6 Å². The zero-order valence-corrected chi connectivity index (χ0v) is 16.0. The second-order valence-electron chi connectivity index (χ2n) is 7.22. The van der Waals surface area contributed by atoms with Gasteiger partial charge >= 0.3 is 6.55 Å². The first-order chi connectivity index (χ1) is 12.2. The molecule has 1 aliphatic rings. The van der Waals surface area contributed by atoms with Crippen LogP contribution in [0.15, 0.2) is 17.4 Å². The highest BCUT2D eigenvalue weighted by Crippen LogP contribution is 2.24. The summed E-state index contributed by atoms with van der Waals surface area (Å²) in [6.45, 7) is 8.74. The summed E-state index contributed by atoms with van der Waals surface area (Å²) in [5.41, 5.74) is -0.360. The van der Waals surface area contributed by atoms with Crippen molar-refractivity contribution in [2.45, 2.75) is 59.3 Å². The minimum atomic E-state index is -2.65. The van der Waals surface area contributed by atoms with E-state index in [1.165, 1.54) is 12.4 Å². The zero-order valence-electron chi connectivity index (χ0n) is 16.0. The normalized spacial score (nSPS) is 18.2. The minimum absolute atomic E-state index is 0.0126. The molecule has 0 bridgehead atoms. The van der Waals surface area contributed by atoms with Crippen molar-refractivity contribution in [3.8, 4) is 0 Å². The maximum absolute atomic E-state index is 13.0. The number of rotatable bonds is 5. The fraction of sp³-hybridized carbons (Fsp3) is 0.706. The minimum Gasteiger partial charge on any atom is -0.356 e. The number of aromatic nitrogens is 2. The molecule has 0 spiro atoms.